The first kappa shape index (κ1) is 30.2. The quantitative estimate of drug-likeness (QED) is 0.207. The third-order valence-corrected chi connectivity index (χ3v) is 7.44. The molecule has 1 aromatic heterocycles. The summed E-state index contributed by atoms with van der Waals surface area (Å²) in [6.45, 7) is 6.77. The summed E-state index contributed by atoms with van der Waals surface area (Å²) >= 11 is 0. The van der Waals surface area contributed by atoms with Crippen LogP contribution in [0.1, 0.15) is 39.7 Å². The molecule has 1 aromatic carbocycles. The summed E-state index contributed by atoms with van der Waals surface area (Å²) in [5.74, 6) is -0.643. The molecule has 2 aromatic rings. The number of nitrogens with zero attached hydrogens (tertiary/aromatic N) is 1. The summed E-state index contributed by atoms with van der Waals surface area (Å²) in [7, 11) is -4.74. The van der Waals surface area contributed by atoms with Gasteiger partial charge in [-0.15, -0.1) is 0 Å². The number of nitrogens with one attached hydrogen (secondary N) is 2. The molecule has 3 rings (SSSR count). The largest absolute Gasteiger partial charge is 0.464 e. The van der Waals surface area contributed by atoms with Crippen LogP contribution in [0.4, 0.5) is 4.79 Å². The van der Waals surface area contributed by atoms with Gasteiger partial charge in [0.15, 0.2) is 6.29 Å². The van der Waals surface area contributed by atoms with Gasteiger partial charge in [0.2, 0.25) is 5.91 Å². The van der Waals surface area contributed by atoms with Gasteiger partial charge in [-0.05, 0) is 44.2 Å². The Morgan fingerprint density at radius 3 is 2.42 bits per heavy atom. The predicted molar refractivity (Wildman–Crippen MR) is 136 cm³/mol. The van der Waals surface area contributed by atoms with E-state index in [-0.39, 0.29) is 12.3 Å². The predicted octanol–water partition coefficient (Wildman–Crippen LogP) is 1.16. The number of hydrogen-bond acceptors (Lipinski definition) is 8. The second-order valence-corrected chi connectivity index (χ2v) is 11.6. The number of para-hydroxylation sites is 1. The minimum atomic E-state index is -4.74. The van der Waals surface area contributed by atoms with E-state index in [2.05, 4.69) is 10.4 Å². The molecule has 14 heteroatoms. The van der Waals surface area contributed by atoms with Crippen LogP contribution >= 0.6 is 7.75 Å². The maximum atomic E-state index is 13.1. The van der Waals surface area contributed by atoms with Crippen LogP contribution in [0.5, 0.6) is 0 Å². The fourth-order valence-corrected chi connectivity index (χ4v) is 5.59. The van der Waals surface area contributed by atoms with E-state index in [4.69, 9.17) is 9.26 Å². The van der Waals surface area contributed by atoms with Crippen LogP contribution in [0.3, 0.4) is 0 Å². The Balaban J connectivity index is 1.70. The Bertz CT molecular complexity index is 1190. The third-order valence-electron chi connectivity index (χ3n) is 6.31. The number of carbonyl (C=O) groups is 2. The molecule has 8 atom stereocenters. The number of fused-ring (bicyclic) bond motifs is 1. The highest BCUT2D eigenvalue weighted by Crippen LogP contribution is 2.42. The van der Waals surface area contributed by atoms with Gasteiger partial charge in [0, 0.05) is 17.6 Å². The van der Waals surface area contributed by atoms with Crippen molar-refractivity contribution in [2.45, 2.75) is 83.3 Å². The lowest BCUT2D eigenvalue weighted by Gasteiger charge is -2.39. The van der Waals surface area contributed by atoms with Crippen LogP contribution in [0.15, 0.2) is 30.5 Å². The maximum Gasteiger partial charge on any atom is 0.416 e. The molecule has 212 valence electrons. The first-order valence-electron chi connectivity index (χ1n) is 12.3. The molecule has 1 fully saturated rings. The van der Waals surface area contributed by atoms with Gasteiger partial charge in [0.25, 0.3) is 0 Å². The number of aliphatic hydroxyl groups is 3. The minimum absolute atomic E-state index is 0.0596. The molecule has 1 amide bonds. The molecule has 7 N–H and O–H groups in total. The molecule has 1 unspecified atom stereocenters. The summed E-state index contributed by atoms with van der Waals surface area (Å²) in [5.41, 5.74) is 1.23. The van der Waals surface area contributed by atoms with Crippen molar-refractivity contribution in [3.05, 3.63) is 36.0 Å². The Kier molecular flexibility index (Phi) is 9.71. The third kappa shape index (κ3) is 7.19. The topological polar surface area (TPSA) is 200 Å². The van der Waals surface area contributed by atoms with E-state index in [1.807, 2.05) is 13.8 Å². The van der Waals surface area contributed by atoms with E-state index in [0.717, 1.165) is 9.95 Å². The molecule has 0 aliphatic carbocycles. The van der Waals surface area contributed by atoms with Gasteiger partial charge in [-0.2, -0.15) is 0 Å². The summed E-state index contributed by atoms with van der Waals surface area (Å²) in [6.07, 6.45) is -6.75. The first-order chi connectivity index (χ1) is 17.7. The summed E-state index contributed by atoms with van der Waals surface area (Å²) in [5, 5.41) is 45.2. The van der Waals surface area contributed by atoms with Crippen molar-refractivity contribution in [2.75, 3.05) is 0 Å². The minimum Gasteiger partial charge on any atom is -0.464 e. The summed E-state index contributed by atoms with van der Waals surface area (Å²) < 4.78 is 24.2. The highest BCUT2D eigenvalue weighted by molar-refractivity contribution is 7.50. The standard InChI is InChI=1S/C24H36N3O10P/c1-12(2)9-17(26-38(34,35)37-23-21(30)20(29)19(28)14(4)36-23)22(31)25-13(3)10-15-11-27(24(32)33)18-8-6-5-7-16(15)18/h5-8,11-14,17,19-21,23,28-30H,9-10H2,1-4H3,(H,25,31)(H,32,33)(H2,26,34,35)/t13-,14+,17+,19+,20-,21-,23+/m1/s1. The molecule has 38 heavy (non-hydrogen) atoms. The van der Waals surface area contributed by atoms with Gasteiger partial charge in [0.05, 0.1) is 17.7 Å². The van der Waals surface area contributed by atoms with E-state index < -0.39 is 62.5 Å². The van der Waals surface area contributed by atoms with E-state index in [9.17, 15) is 39.5 Å². The molecular formula is C24H36N3O10P. The van der Waals surface area contributed by atoms with Crippen LogP contribution in [0.2, 0.25) is 0 Å². The number of aromatic nitrogens is 1. The van der Waals surface area contributed by atoms with Crippen LogP contribution in [0.25, 0.3) is 10.9 Å². The van der Waals surface area contributed by atoms with Crippen molar-refractivity contribution < 1.29 is 48.7 Å². The van der Waals surface area contributed by atoms with Gasteiger partial charge in [-0.25, -0.2) is 14.4 Å². The molecule has 1 saturated heterocycles. The highest BCUT2D eigenvalue weighted by Gasteiger charge is 2.45. The lowest BCUT2D eigenvalue weighted by molar-refractivity contribution is -0.270. The number of amides is 1. The van der Waals surface area contributed by atoms with Gasteiger partial charge in [-0.3, -0.25) is 13.9 Å². The van der Waals surface area contributed by atoms with E-state index in [0.29, 0.717) is 17.5 Å². The monoisotopic (exact) mass is 557 g/mol. The second kappa shape index (κ2) is 12.2. The zero-order chi connectivity index (χ0) is 28.4. The molecule has 0 spiro atoms. The summed E-state index contributed by atoms with van der Waals surface area (Å²) in [6, 6.07) is 5.37. The van der Waals surface area contributed by atoms with E-state index in [1.54, 1.807) is 31.2 Å². The normalized spacial score (nSPS) is 27.1. The van der Waals surface area contributed by atoms with Crippen LogP contribution < -0.4 is 10.4 Å². The smallest absolute Gasteiger partial charge is 0.416 e. The number of hydrogen-bond donors (Lipinski definition) is 7. The number of benzene rings is 1. The average Bonchev–Trinajstić information content (AvgIpc) is 3.18. The van der Waals surface area contributed by atoms with Crippen LogP contribution in [0, 0.1) is 5.92 Å². The Hall–Kier alpha value is -2.35. The van der Waals surface area contributed by atoms with Crippen molar-refractivity contribution in [1.82, 2.24) is 15.0 Å². The molecule has 2 heterocycles. The van der Waals surface area contributed by atoms with Crippen LogP contribution in [-0.4, -0.2) is 84.7 Å². The number of rotatable bonds is 10. The van der Waals surface area contributed by atoms with Crippen LogP contribution in [-0.2, 0) is 25.0 Å². The Morgan fingerprint density at radius 2 is 1.79 bits per heavy atom. The Labute approximate surface area is 220 Å². The molecule has 0 bridgehead atoms. The van der Waals surface area contributed by atoms with Gasteiger partial charge in [-0.1, -0.05) is 32.0 Å². The molecule has 13 nitrogen and oxygen atoms in total. The fraction of sp³-hybridized carbons (Fsp3) is 0.583. The lowest BCUT2D eigenvalue weighted by Crippen LogP contribution is -2.57. The lowest BCUT2D eigenvalue weighted by atomic mass is 10.0. The first-order valence-corrected chi connectivity index (χ1v) is 13.9. The zero-order valence-corrected chi connectivity index (χ0v) is 22.5. The fourth-order valence-electron chi connectivity index (χ4n) is 4.45. The van der Waals surface area contributed by atoms with Crippen molar-refractivity contribution in [3.8, 4) is 0 Å². The van der Waals surface area contributed by atoms with Crippen molar-refractivity contribution >= 4 is 30.6 Å². The molecule has 1 aliphatic rings. The van der Waals surface area contributed by atoms with Gasteiger partial charge in [0.1, 0.15) is 18.3 Å². The molecule has 0 radical (unpaired) electrons. The second-order valence-electron chi connectivity index (χ2n) is 10.1. The maximum absolute atomic E-state index is 13.1. The summed E-state index contributed by atoms with van der Waals surface area (Å²) in [4.78, 5) is 35.2. The SMILES string of the molecule is CC(C)C[C@H](NP(=O)(O)O[C@@H]1O[C@@H](C)[C@H](O)[C@@H](O)[C@H]1O)C(=O)N[C@H](C)Cc1cn(C(=O)O)c2ccccc12. The van der Waals surface area contributed by atoms with Crippen molar-refractivity contribution in [2.24, 2.45) is 5.92 Å². The number of carbonyl (C=O) groups excluding carboxylic acids is 1. The average molecular weight is 558 g/mol. The van der Waals surface area contributed by atoms with Crippen molar-refractivity contribution in [1.29, 1.82) is 0 Å². The molecule has 1 aliphatic heterocycles. The highest BCUT2D eigenvalue weighted by atomic mass is 31.2. The zero-order valence-electron chi connectivity index (χ0n) is 21.6. The van der Waals surface area contributed by atoms with Gasteiger partial charge < -0.3 is 35.4 Å². The van der Waals surface area contributed by atoms with Crippen molar-refractivity contribution in [3.63, 3.8) is 0 Å². The number of aliphatic hydroxyl groups excluding tert-OH is 3. The number of ether oxygens (including phenoxy) is 1. The van der Waals surface area contributed by atoms with E-state index >= 15 is 0 Å². The molecular weight excluding hydrogens is 521 g/mol. The van der Waals surface area contributed by atoms with E-state index in [1.165, 1.54) is 13.1 Å². The van der Waals surface area contributed by atoms with Gasteiger partial charge >= 0.3 is 13.8 Å². The Morgan fingerprint density at radius 1 is 1.13 bits per heavy atom. The number of carboxylic acid groups (broad SMARTS) is 1. The molecule has 0 saturated carbocycles.